The number of nitrogens with one attached hydrogen (secondary N) is 1. The van der Waals surface area contributed by atoms with Crippen molar-refractivity contribution < 1.29 is 4.79 Å². The minimum absolute atomic E-state index is 0.171. The van der Waals surface area contributed by atoms with Crippen LogP contribution in [-0.2, 0) is 13.1 Å². The number of hydrogen-bond donors (Lipinski definition) is 2. The van der Waals surface area contributed by atoms with Crippen molar-refractivity contribution >= 4 is 34.2 Å². The number of nitrogens with two attached hydrogens (primary N) is 1. The summed E-state index contributed by atoms with van der Waals surface area (Å²) >= 11 is 0. The van der Waals surface area contributed by atoms with E-state index in [1.165, 1.54) is 5.57 Å². The third kappa shape index (κ3) is 4.57. The van der Waals surface area contributed by atoms with Gasteiger partial charge in [0.2, 0.25) is 0 Å². The number of rotatable bonds is 6. The van der Waals surface area contributed by atoms with Crippen LogP contribution in [0.1, 0.15) is 52.2 Å². The number of anilines is 1. The van der Waals surface area contributed by atoms with Crippen LogP contribution in [0.25, 0.3) is 22.5 Å². The van der Waals surface area contributed by atoms with E-state index in [2.05, 4.69) is 52.6 Å². The van der Waals surface area contributed by atoms with E-state index < -0.39 is 0 Å². The van der Waals surface area contributed by atoms with Crippen molar-refractivity contribution in [1.82, 2.24) is 29.5 Å². The van der Waals surface area contributed by atoms with Crippen LogP contribution in [0, 0.1) is 13.8 Å². The third-order valence-corrected chi connectivity index (χ3v) is 6.34. The van der Waals surface area contributed by atoms with Gasteiger partial charge < -0.3 is 15.5 Å². The maximum atomic E-state index is 12.9. The Labute approximate surface area is 209 Å². The highest BCUT2D eigenvalue weighted by atomic mass is 16.1. The van der Waals surface area contributed by atoms with Crippen molar-refractivity contribution in [3.63, 3.8) is 0 Å². The van der Waals surface area contributed by atoms with Crippen LogP contribution in [0.15, 0.2) is 60.8 Å². The monoisotopic (exact) mass is 479 g/mol. The molecule has 0 aliphatic rings. The first-order valence-corrected chi connectivity index (χ1v) is 11.8. The van der Waals surface area contributed by atoms with E-state index >= 15 is 0 Å². The number of carbonyl (C=O) groups is 1. The van der Waals surface area contributed by atoms with Gasteiger partial charge in [0.1, 0.15) is 11.5 Å². The van der Waals surface area contributed by atoms with E-state index in [9.17, 15) is 4.79 Å². The molecule has 4 heterocycles. The van der Waals surface area contributed by atoms with E-state index in [0.29, 0.717) is 24.5 Å². The number of amides is 1. The van der Waals surface area contributed by atoms with Gasteiger partial charge in [0, 0.05) is 36.7 Å². The van der Waals surface area contributed by atoms with E-state index in [1.807, 2.05) is 42.6 Å². The molecule has 0 spiro atoms. The molecule has 4 aromatic heterocycles. The highest BCUT2D eigenvalue weighted by molar-refractivity contribution is 5.95. The molecule has 0 unspecified atom stereocenters. The largest absolute Gasteiger partial charge is 0.383 e. The molecule has 8 nitrogen and oxygen atoms in total. The number of pyridine rings is 2. The van der Waals surface area contributed by atoms with Gasteiger partial charge in [-0.05, 0) is 79.6 Å². The maximum absolute atomic E-state index is 12.9. The first kappa shape index (κ1) is 23.3. The Morgan fingerprint density at radius 2 is 1.94 bits per heavy atom. The van der Waals surface area contributed by atoms with E-state index in [4.69, 9.17) is 5.73 Å². The fourth-order valence-corrected chi connectivity index (χ4v) is 4.56. The van der Waals surface area contributed by atoms with Gasteiger partial charge >= 0.3 is 0 Å². The number of allylic oxidation sites excluding steroid dienone is 1. The summed E-state index contributed by atoms with van der Waals surface area (Å²) in [5, 5.41) is 9.39. The fraction of sp³-hybridized carbons (Fsp3) is 0.214. The average Bonchev–Trinajstić information content (AvgIpc) is 3.45. The Bertz CT molecular complexity index is 1640. The minimum Gasteiger partial charge on any atom is -0.383 e. The van der Waals surface area contributed by atoms with Gasteiger partial charge in [0.15, 0.2) is 0 Å². The van der Waals surface area contributed by atoms with Crippen molar-refractivity contribution in [2.45, 2.75) is 40.8 Å². The van der Waals surface area contributed by atoms with Crippen LogP contribution >= 0.6 is 0 Å². The standard InChI is InChI=1S/C28H29N7O/c1-17(2)9-20-5-6-26-33-22(15-34(26)13-20)16-35-14-21(11-32-35)28(36)31-12-25-18(3)10-24-23(19(25)4)7-8-30-27(24)29/h5-11,13-15H,12,16H2,1-4H3,(H2,29,30)(H,31,36). The van der Waals surface area contributed by atoms with E-state index in [0.717, 1.165) is 44.4 Å². The Hall–Kier alpha value is -4.46. The summed E-state index contributed by atoms with van der Waals surface area (Å²) in [5.41, 5.74) is 13.9. The number of hydrogen-bond acceptors (Lipinski definition) is 5. The highest BCUT2D eigenvalue weighted by Crippen LogP contribution is 2.27. The number of aryl methyl sites for hydroxylation is 2. The molecule has 3 N–H and O–H groups in total. The van der Waals surface area contributed by atoms with Crippen molar-refractivity contribution in [3.05, 3.63) is 94.3 Å². The topological polar surface area (TPSA) is 103 Å². The number of benzene rings is 1. The molecule has 8 heteroatoms. The second-order valence-corrected chi connectivity index (χ2v) is 9.38. The number of carbonyl (C=O) groups excluding carboxylic acids is 1. The second-order valence-electron chi connectivity index (χ2n) is 9.38. The van der Waals surface area contributed by atoms with Gasteiger partial charge in [-0.25, -0.2) is 9.97 Å². The number of fused-ring (bicyclic) bond motifs is 2. The molecule has 0 aliphatic carbocycles. The zero-order chi connectivity index (χ0) is 25.4. The molecular formula is C28H29N7O. The summed E-state index contributed by atoms with van der Waals surface area (Å²) in [5.74, 6) is 0.344. The summed E-state index contributed by atoms with van der Waals surface area (Å²) in [6, 6.07) is 8.04. The van der Waals surface area contributed by atoms with Crippen LogP contribution in [0.4, 0.5) is 5.82 Å². The molecular weight excluding hydrogens is 450 g/mol. The Balaban J connectivity index is 1.29. The zero-order valence-electron chi connectivity index (χ0n) is 20.9. The average molecular weight is 480 g/mol. The summed E-state index contributed by atoms with van der Waals surface area (Å²) < 4.78 is 3.75. The third-order valence-electron chi connectivity index (χ3n) is 6.34. The van der Waals surface area contributed by atoms with Crippen LogP contribution in [0.2, 0.25) is 0 Å². The van der Waals surface area contributed by atoms with E-state index in [1.54, 1.807) is 23.3 Å². The second kappa shape index (κ2) is 9.30. The maximum Gasteiger partial charge on any atom is 0.254 e. The Kier molecular flexibility index (Phi) is 6.01. The summed E-state index contributed by atoms with van der Waals surface area (Å²) in [6.45, 7) is 9.12. The molecule has 0 bridgehead atoms. The number of aromatic nitrogens is 5. The van der Waals surface area contributed by atoms with Crippen LogP contribution in [0.5, 0.6) is 0 Å². The molecule has 36 heavy (non-hydrogen) atoms. The van der Waals surface area contributed by atoms with Gasteiger partial charge in [-0.1, -0.05) is 11.6 Å². The number of nitrogen functional groups attached to an aromatic ring is 1. The molecule has 0 fully saturated rings. The summed E-state index contributed by atoms with van der Waals surface area (Å²) in [7, 11) is 0. The number of imidazole rings is 1. The predicted molar refractivity (Wildman–Crippen MR) is 143 cm³/mol. The molecule has 182 valence electrons. The molecule has 0 aliphatic heterocycles. The van der Waals surface area contributed by atoms with Crippen LogP contribution < -0.4 is 11.1 Å². The molecule has 1 aromatic carbocycles. The number of nitrogens with zero attached hydrogens (tertiary/aromatic N) is 5. The van der Waals surface area contributed by atoms with E-state index in [-0.39, 0.29) is 5.91 Å². The van der Waals surface area contributed by atoms with Crippen molar-refractivity contribution in [2.24, 2.45) is 0 Å². The smallest absolute Gasteiger partial charge is 0.254 e. The first-order chi connectivity index (χ1) is 17.3. The lowest BCUT2D eigenvalue weighted by atomic mass is 9.96. The summed E-state index contributed by atoms with van der Waals surface area (Å²) in [4.78, 5) is 21.7. The lowest BCUT2D eigenvalue weighted by Crippen LogP contribution is -2.23. The predicted octanol–water partition coefficient (Wildman–Crippen LogP) is 4.68. The van der Waals surface area contributed by atoms with Gasteiger partial charge in [-0.2, -0.15) is 5.10 Å². The normalized spacial score (nSPS) is 11.2. The molecule has 0 atom stereocenters. The SMILES string of the molecule is CC(C)=Cc1ccc2nc(Cn3cc(C(=O)NCc4c(C)cc5c(N)nccc5c4C)cn3)cn2c1. The minimum atomic E-state index is -0.171. The molecule has 0 radical (unpaired) electrons. The van der Waals surface area contributed by atoms with Crippen LogP contribution in [-0.4, -0.2) is 30.1 Å². The Morgan fingerprint density at radius 1 is 1.11 bits per heavy atom. The zero-order valence-corrected chi connectivity index (χ0v) is 20.9. The van der Waals surface area contributed by atoms with Crippen molar-refractivity contribution in [1.29, 1.82) is 0 Å². The molecule has 5 rings (SSSR count). The lowest BCUT2D eigenvalue weighted by Gasteiger charge is -2.14. The van der Waals surface area contributed by atoms with Gasteiger partial charge in [-0.3, -0.25) is 9.48 Å². The highest BCUT2D eigenvalue weighted by Gasteiger charge is 2.14. The molecule has 5 aromatic rings. The molecule has 1 amide bonds. The lowest BCUT2D eigenvalue weighted by molar-refractivity contribution is 0.0950. The van der Waals surface area contributed by atoms with Gasteiger partial charge in [0.05, 0.1) is 24.0 Å². The molecule has 0 saturated heterocycles. The van der Waals surface area contributed by atoms with Crippen LogP contribution in [0.3, 0.4) is 0 Å². The molecule has 0 saturated carbocycles. The first-order valence-electron chi connectivity index (χ1n) is 11.8. The fourth-order valence-electron chi connectivity index (χ4n) is 4.56. The van der Waals surface area contributed by atoms with Crippen molar-refractivity contribution in [3.8, 4) is 0 Å². The van der Waals surface area contributed by atoms with Gasteiger partial charge in [-0.15, -0.1) is 0 Å². The van der Waals surface area contributed by atoms with Gasteiger partial charge in [0.25, 0.3) is 5.91 Å². The Morgan fingerprint density at radius 3 is 2.75 bits per heavy atom. The summed E-state index contributed by atoms with van der Waals surface area (Å²) in [6.07, 6.45) is 11.2. The van der Waals surface area contributed by atoms with Crippen molar-refractivity contribution in [2.75, 3.05) is 5.73 Å². The quantitative estimate of drug-likeness (QED) is 0.368.